The average Bonchev–Trinajstić information content (AvgIpc) is 3.25. The zero-order valence-electron chi connectivity index (χ0n) is 37.4. The first-order valence-corrected chi connectivity index (χ1v) is 23.3. The molecule has 17 heteroatoms. The number of aliphatic carboxylic acids is 2. The van der Waals surface area contributed by atoms with Gasteiger partial charge in [-0.25, -0.2) is 4.79 Å². The van der Waals surface area contributed by atoms with Gasteiger partial charge in [0.2, 0.25) is 29.9 Å². The Morgan fingerprint density at radius 3 is 1.52 bits per heavy atom. The summed E-state index contributed by atoms with van der Waals surface area (Å²) in [4.78, 5) is 81.8. The average molecular weight is 884 g/mol. The van der Waals surface area contributed by atoms with Gasteiger partial charge in [-0.3, -0.25) is 28.8 Å². The van der Waals surface area contributed by atoms with Gasteiger partial charge in [0.05, 0.1) is 39.6 Å². The van der Waals surface area contributed by atoms with E-state index >= 15 is 0 Å². The van der Waals surface area contributed by atoms with E-state index in [0.717, 1.165) is 51.4 Å². The molecular weight excluding hydrogens is 805 g/mol. The van der Waals surface area contributed by atoms with Gasteiger partial charge in [-0.2, -0.15) is 0 Å². The SMILES string of the molecule is O=[C]COCCOCCNC(=O)COCCOCCNC(=O)CC[C@H](NC(=O)[C@H]1CC[C@H](CNC(=O)CCCCCCCCCCCCCCCCCCC(=O)O)CC1)C(=O)O. The van der Waals surface area contributed by atoms with Crippen molar-refractivity contribution < 1.29 is 62.7 Å². The van der Waals surface area contributed by atoms with Crippen LogP contribution in [-0.2, 0) is 52.5 Å². The van der Waals surface area contributed by atoms with Crippen molar-refractivity contribution in [2.75, 3.05) is 72.5 Å². The van der Waals surface area contributed by atoms with E-state index in [0.29, 0.717) is 52.0 Å². The normalized spacial score (nSPS) is 15.4. The van der Waals surface area contributed by atoms with Gasteiger partial charge in [-0.1, -0.05) is 89.9 Å². The monoisotopic (exact) mass is 884 g/mol. The minimum Gasteiger partial charge on any atom is -0.481 e. The van der Waals surface area contributed by atoms with Crippen LogP contribution >= 0.6 is 0 Å². The van der Waals surface area contributed by atoms with Crippen molar-refractivity contribution in [3.05, 3.63) is 0 Å². The molecule has 4 amide bonds. The molecule has 0 aromatic carbocycles. The van der Waals surface area contributed by atoms with Gasteiger partial charge in [0.1, 0.15) is 19.3 Å². The third kappa shape index (κ3) is 34.9. The standard InChI is InChI=1S/C45H79N4O13/c50-27-30-61-32-31-59-29-26-47-42(53)36-62-34-33-60-28-25-46-41(52)24-23-39(45(57)58)49-44(56)38-21-19-37(20-22-38)35-48-40(51)17-15-13-11-9-7-5-3-1-2-4-6-8-10-12-14-16-18-43(54)55/h37-39H,1-26,28-36H2,(H,46,52)(H,47,53)(H,48,51)(H,49,56)(H,54,55)(H,57,58)/t37-,38-,39-/m0/s1. The quantitative estimate of drug-likeness (QED) is 0.0453. The molecule has 0 saturated heterocycles. The van der Waals surface area contributed by atoms with Gasteiger partial charge >= 0.3 is 11.9 Å². The van der Waals surface area contributed by atoms with Gasteiger partial charge < -0.3 is 50.4 Å². The lowest BCUT2D eigenvalue weighted by atomic mass is 9.81. The number of nitrogens with one attached hydrogen (secondary N) is 4. The summed E-state index contributed by atoms with van der Waals surface area (Å²) in [7, 11) is 0. The highest BCUT2D eigenvalue weighted by Crippen LogP contribution is 2.29. The second-order valence-electron chi connectivity index (χ2n) is 16.2. The Labute approximate surface area is 369 Å². The van der Waals surface area contributed by atoms with Crippen LogP contribution in [0.15, 0.2) is 0 Å². The molecule has 0 aromatic rings. The Morgan fingerprint density at radius 2 is 1.00 bits per heavy atom. The smallest absolute Gasteiger partial charge is 0.326 e. The van der Waals surface area contributed by atoms with Crippen LogP contribution < -0.4 is 21.3 Å². The zero-order valence-corrected chi connectivity index (χ0v) is 37.4. The van der Waals surface area contributed by atoms with Gasteiger partial charge in [-0.15, -0.1) is 0 Å². The molecule has 0 heterocycles. The molecule has 6 N–H and O–H groups in total. The highest BCUT2D eigenvalue weighted by molar-refractivity contribution is 5.85. The Morgan fingerprint density at radius 1 is 0.532 bits per heavy atom. The molecule has 1 saturated carbocycles. The van der Waals surface area contributed by atoms with Gasteiger partial charge in [0.15, 0.2) is 0 Å². The third-order valence-electron chi connectivity index (χ3n) is 10.9. The van der Waals surface area contributed by atoms with Gasteiger partial charge in [-0.05, 0) is 50.9 Å². The van der Waals surface area contributed by atoms with Crippen molar-refractivity contribution in [3.63, 3.8) is 0 Å². The summed E-state index contributed by atoms with van der Waals surface area (Å²) in [5.74, 6) is -2.82. The van der Waals surface area contributed by atoms with Crippen LogP contribution in [0.2, 0.25) is 0 Å². The maximum Gasteiger partial charge on any atom is 0.326 e. The molecule has 1 fully saturated rings. The number of unbranched alkanes of at least 4 members (excludes halogenated alkanes) is 15. The molecule has 0 spiro atoms. The fourth-order valence-corrected chi connectivity index (χ4v) is 7.22. The maximum absolute atomic E-state index is 12.9. The van der Waals surface area contributed by atoms with E-state index in [4.69, 9.17) is 24.1 Å². The molecule has 1 atom stereocenters. The van der Waals surface area contributed by atoms with Crippen molar-refractivity contribution in [3.8, 4) is 0 Å². The number of ether oxygens (including phenoxy) is 4. The number of hydrogen-bond donors (Lipinski definition) is 6. The van der Waals surface area contributed by atoms with Crippen LogP contribution in [0, 0.1) is 11.8 Å². The van der Waals surface area contributed by atoms with E-state index in [1.807, 2.05) is 0 Å². The lowest BCUT2D eigenvalue weighted by Gasteiger charge is -2.28. The molecule has 0 aromatic heterocycles. The van der Waals surface area contributed by atoms with E-state index in [-0.39, 0.29) is 94.5 Å². The highest BCUT2D eigenvalue weighted by atomic mass is 16.5. The number of carbonyl (C=O) groups is 6. The number of carboxylic acids is 2. The number of amides is 4. The largest absolute Gasteiger partial charge is 0.481 e. The van der Waals surface area contributed by atoms with Crippen LogP contribution in [0.3, 0.4) is 0 Å². The van der Waals surface area contributed by atoms with E-state index in [2.05, 4.69) is 21.3 Å². The topological polar surface area (TPSA) is 245 Å². The van der Waals surface area contributed by atoms with E-state index in [9.17, 15) is 38.7 Å². The van der Waals surface area contributed by atoms with Crippen LogP contribution in [0.25, 0.3) is 0 Å². The second kappa shape index (κ2) is 40.1. The summed E-state index contributed by atoms with van der Waals surface area (Å²) in [5.41, 5.74) is 0. The van der Waals surface area contributed by atoms with E-state index in [1.54, 1.807) is 6.29 Å². The summed E-state index contributed by atoms with van der Waals surface area (Å²) in [6, 6.07) is -1.18. The molecule has 0 unspecified atom stereocenters. The molecule has 1 aliphatic carbocycles. The molecule has 1 radical (unpaired) electrons. The Kier molecular flexibility index (Phi) is 36.5. The summed E-state index contributed by atoms with van der Waals surface area (Å²) < 4.78 is 20.8. The predicted molar refractivity (Wildman–Crippen MR) is 233 cm³/mol. The van der Waals surface area contributed by atoms with Crippen molar-refractivity contribution in [1.29, 1.82) is 0 Å². The Bertz CT molecular complexity index is 1220. The van der Waals surface area contributed by atoms with Crippen LogP contribution in [0.4, 0.5) is 0 Å². The molecule has 357 valence electrons. The molecule has 1 rings (SSSR count). The fourth-order valence-electron chi connectivity index (χ4n) is 7.22. The van der Waals surface area contributed by atoms with Gasteiger partial charge in [0, 0.05) is 44.8 Å². The highest BCUT2D eigenvalue weighted by Gasteiger charge is 2.29. The van der Waals surface area contributed by atoms with Crippen LogP contribution in [0.5, 0.6) is 0 Å². The zero-order chi connectivity index (χ0) is 45.3. The fraction of sp³-hybridized carbons (Fsp3) is 0.844. The number of carboxylic acid groups (broad SMARTS) is 2. The summed E-state index contributed by atoms with van der Waals surface area (Å²) in [5, 5.41) is 29.3. The Balaban J connectivity index is 2.00. The predicted octanol–water partition coefficient (Wildman–Crippen LogP) is 4.77. The van der Waals surface area contributed by atoms with Crippen molar-refractivity contribution >= 4 is 41.9 Å². The first kappa shape index (κ1) is 56.3. The molecule has 17 nitrogen and oxygen atoms in total. The molecular formula is C45H79N4O13. The first-order chi connectivity index (χ1) is 30.1. The molecule has 1 aliphatic rings. The van der Waals surface area contributed by atoms with Crippen LogP contribution in [0.1, 0.15) is 154 Å². The van der Waals surface area contributed by atoms with E-state index < -0.39 is 18.0 Å². The molecule has 62 heavy (non-hydrogen) atoms. The lowest BCUT2D eigenvalue weighted by molar-refractivity contribution is -0.143. The molecule has 0 aliphatic heterocycles. The second-order valence-corrected chi connectivity index (χ2v) is 16.2. The van der Waals surface area contributed by atoms with Crippen molar-refractivity contribution in [2.45, 2.75) is 160 Å². The minimum atomic E-state index is -1.20. The third-order valence-corrected chi connectivity index (χ3v) is 10.9. The number of hydrogen-bond acceptors (Lipinski definition) is 11. The maximum atomic E-state index is 12.9. The summed E-state index contributed by atoms with van der Waals surface area (Å²) in [6.45, 7) is 2.29. The van der Waals surface area contributed by atoms with Crippen molar-refractivity contribution in [1.82, 2.24) is 21.3 Å². The number of carbonyl (C=O) groups excluding carboxylic acids is 5. The molecule has 0 bridgehead atoms. The van der Waals surface area contributed by atoms with Crippen molar-refractivity contribution in [2.24, 2.45) is 11.8 Å². The van der Waals surface area contributed by atoms with Gasteiger partial charge in [0.25, 0.3) is 0 Å². The minimum absolute atomic E-state index is 0.0465. The van der Waals surface area contributed by atoms with Crippen LogP contribution in [-0.4, -0.2) is 131 Å². The van der Waals surface area contributed by atoms with E-state index in [1.165, 1.54) is 64.2 Å². The summed E-state index contributed by atoms with van der Waals surface area (Å²) in [6.07, 6.45) is 23.9. The number of rotatable bonds is 43. The lowest BCUT2D eigenvalue weighted by Crippen LogP contribution is -2.45. The summed E-state index contributed by atoms with van der Waals surface area (Å²) >= 11 is 0. The Hall–Kier alpha value is -3.67. The first-order valence-electron chi connectivity index (χ1n) is 23.3.